The van der Waals surface area contributed by atoms with E-state index in [2.05, 4.69) is 10.2 Å². The molecule has 0 bridgehead atoms. The number of benzene rings is 2. The van der Waals surface area contributed by atoms with E-state index in [1.54, 1.807) is 74.5 Å². The quantitative estimate of drug-likeness (QED) is 0.0919. The molecule has 4 heterocycles. The molecule has 0 radical (unpaired) electrons. The van der Waals surface area contributed by atoms with Crippen molar-refractivity contribution in [1.29, 1.82) is 0 Å². The number of para-hydroxylation sites is 2. The van der Waals surface area contributed by atoms with Crippen LogP contribution in [0.15, 0.2) is 85.2 Å². The summed E-state index contributed by atoms with van der Waals surface area (Å²) < 4.78 is 82.2. The summed E-state index contributed by atoms with van der Waals surface area (Å²) in [5, 5.41) is 42.8. The molecule has 2 fully saturated rings. The van der Waals surface area contributed by atoms with Gasteiger partial charge in [-0.3, -0.25) is 43.1 Å². The molecule has 2 aromatic carbocycles. The van der Waals surface area contributed by atoms with Gasteiger partial charge in [0, 0.05) is 23.6 Å². The lowest BCUT2D eigenvalue weighted by atomic mass is 9.97. The van der Waals surface area contributed by atoms with Gasteiger partial charge in [0.15, 0.2) is 41.1 Å². The lowest BCUT2D eigenvalue weighted by Crippen LogP contribution is -2.51. The highest BCUT2D eigenvalue weighted by Gasteiger charge is 2.58. The van der Waals surface area contributed by atoms with Crippen molar-refractivity contribution in [3.8, 4) is 11.5 Å². The minimum absolute atomic E-state index is 0.198. The van der Waals surface area contributed by atoms with Gasteiger partial charge in [0.25, 0.3) is 0 Å². The normalized spacial score (nSPS) is 29.0. The summed E-state index contributed by atoms with van der Waals surface area (Å²) in [5.74, 6) is -2.60. The Labute approximate surface area is 406 Å². The van der Waals surface area contributed by atoms with E-state index in [9.17, 15) is 52.5 Å². The Morgan fingerprint density at radius 1 is 0.786 bits per heavy atom. The molecule has 2 saturated heterocycles. The molecule has 2 unspecified atom stereocenters. The third kappa shape index (κ3) is 15.2. The molecule has 386 valence electrons. The van der Waals surface area contributed by atoms with E-state index in [1.165, 1.54) is 13.8 Å². The van der Waals surface area contributed by atoms with Gasteiger partial charge in [-0.1, -0.05) is 50.2 Å². The van der Waals surface area contributed by atoms with Crippen molar-refractivity contribution in [3.63, 3.8) is 0 Å². The minimum atomic E-state index is -4.22. The van der Waals surface area contributed by atoms with E-state index in [-0.39, 0.29) is 29.7 Å². The first kappa shape index (κ1) is 58.0. The third-order valence-corrected chi connectivity index (χ3v) is 14.1. The summed E-state index contributed by atoms with van der Waals surface area (Å²) >= 11 is 5.66. The fourth-order valence-corrected chi connectivity index (χ4v) is 10.5. The molecule has 21 nitrogen and oxygen atoms in total. The zero-order chi connectivity index (χ0) is 52.4. The highest BCUT2D eigenvalue weighted by Crippen LogP contribution is 2.49. The van der Waals surface area contributed by atoms with Crippen LogP contribution in [0, 0.1) is 5.92 Å². The van der Waals surface area contributed by atoms with Crippen molar-refractivity contribution in [1.82, 2.24) is 20.0 Å². The number of halogens is 3. The first-order valence-electron chi connectivity index (χ1n) is 21.6. The van der Waals surface area contributed by atoms with E-state index in [0.717, 1.165) is 48.2 Å². The van der Waals surface area contributed by atoms with Crippen LogP contribution >= 0.6 is 25.9 Å². The van der Waals surface area contributed by atoms with Crippen molar-refractivity contribution >= 4 is 60.8 Å². The van der Waals surface area contributed by atoms with Crippen LogP contribution in [0.25, 0.3) is 0 Å². The molecule has 4 aliphatic heterocycles. The van der Waals surface area contributed by atoms with Crippen LogP contribution in [-0.2, 0) is 51.9 Å². The molecule has 2 aromatic rings. The van der Waals surface area contributed by atoms with Crippen molar-refractivity contribution in [2.45, 2.75) is 115 Å². The Morgan fingerprint density at radius 3 is 1.63 bits per heavy atom. The van der Waals surface area contributed by atoms with Gasteiger partial charge in [-0.15, -0.1) is 0 Å². The number of Topliss-reactive ketones (excluding diaryl/α,β-unsaturated/α-hetero) is 2. The lowest BCUT2D eigenvalue weighted by Gasteiger charge is -2.32. The van der Waals surface area contributed by atoms with Gasteiger partial charge in [-0.05, 0) is 70.0 Å². The monoisotopic (exact) mass is 1050 g/mol. The molecule has 6 rings (SSSR count). The number of rotatable bonds is 18. The highest BCUT2D eigenvalue weighted by molar-refractivity contribution is 7.84. The summed E-state index contributed by atoms with van der Waals surface area (Å²) in [7, 11) is -4.22. The molecule has 2 amide bonds. The number of carbonyl (C=O) groups is 6. The second kappa shape index (κ2) is 24.7. The van der Waals surface area contributed by atoms with Crippen LogP contribution in [-0.4, -0.2) is 145 Å². The Kier molecular flexibility index (Phi) is 20.4. The van der Waals surface area contributed by atoms with Gasteiger partial charge in [0.2, 0.25) is 11.8 Å². The van der Waals surface area contributed by atoms with Crippen LogP contribution in [0.3, 0.4) is 0 Å². The molecular formula is C44H57ClF2N4O17P2. The SMILES string of the molecule is CC(=O)[C@@H](NP(=O)(OC[C@H]1O[C@@H](N2C=CC(=O)CC2=O)[C@](C)(F)[C@@H]1O)Oc1ccccc1)C(C)C.C[C@@]1(F)[C@H](O)[C@@H](CO)O[C@H]1N1C=CC(=O)CC1=O.C[C@H](NP(=O)(Cl)Oc1ccccc1)C(=O)CO. The second-order valence-corrected chi connectivity index (χ2v) is 21.4. The summed E-state index contributed by atoms with van der Waals surface area (Å²) in [6.07, 6.45) is -4.88. The van der Waals surface area contributed by atoms with Crippen molar-refractivity contribution in [3.05, 3.63) is 85.2 Å². The maximum atomic E-state index is 15.5. The molecule has 0 aliphatic carbocycles. The predicted molar refractivity (Wildman–Crippen MR) is 245 cm³/mol. The number of aliphatic hydroxyl groups is 4. The van der Waals surface area contributed by atoms with E-state index in [4.69, 9.17) is 44.5 Å². The summed E-state index contributed by atoms with van der Waals surface area (Å²) in [5.41, 5.74) is -4.64. The average Bonchev–Trinajstić information content (AvgIpc) is 3.66. The minimum Gasteiger partial charge on any atom is -0.422 e. The van der Waals surface area contributed by atoms with Crippen molar-refractivity contribution < 1.29 is 90.1 Å². The number of hydrogen-bond acceptors (Lipinski definition) is 17. The van der Waals surface area contributed by atoms with E-state index < -0.39 is 125 Å². The van der Waals surface area contributed by atoms with Gasteiger partial charge in [0.05, 0.1) is 38.1 Å². The number of alkyl halides is 2. The van der Waals surface area contributed by atoms with E-state index in [0.29, 0.717) is 5.75 Å². The van der Waals surface area contributed by atoms with Crippen molar-refractivity contribution in [2.75, 3.05) is 19.8 Å². The smallest absolute Gasteiger partial charge is 0.422 e. The van der Waals surface area contributed by atoms with Crippen LogP contribution in [0.1, 0.15) is 54.4 Å². The predicted octanol–water partition coefficient (Wildman–Crippen LogP) is 3.58. The molecule has 6 N–H and O–H groups in total. The van der Waals surface area contributed by atoms with Gasteiger partial charge in [0.1, 0.15) is 48.3 Å². The van der Waals surface area contributed by atoms with Crippen LogP contribution in [0.4, 0.5) is 8.78 Å². The number of nitrogens with zero attached hydrogens (tertiary/aromatic N) is 2. The van der Waals surface area contributed by atoms with Gasteiger partial charge in [-0.25, -0.2) is 28.1 Å². The Balaban J connectivity index is 0.000000255. The fourth-order valence-electron chi connectivity index (χ4n) is 7.07. The zero-order valence-electron chi connectivity index (χ0n) is 38.8. The van der Waals surface area contributed by atoms with Crippen LogP contribution in [0.2, 0.25) is 0 Å². The third-order valence-electron chi connectivity index (χ3n) is 10.9. The Bertz CT molecular complexity index is 2350. The number of ether oxygens (including phenoxy) is 2. The maximum Gasteiger partial charge on any atom is 0.459 e. The second-order valence-electron chi connectivity index (χ2n) is 17.0. The molecule has 4 aliphatic rings. The average molecular weight is 1050 g/mol. The van der Waals surface area contributed by atoms with E-state index >= 15 is 4.39 Å². The fraction of sp³-hybridized carbons (Fsp3) is 0.500. The number of amides is 2. The van der Waals surface area contributed by atoms with Gasteiger partial charge >= 0.3 is 14.6 Å². The highest BCUT2D eigenvalue weighted by atomic mass is 35.7. The van der Waals surface area contributed by atoms with Crippen LogP contribution in [0.5, 0.6) is 11.5 Å². The molecule has 70 heavy (non-hydrogen) atoms. The number of aliphatic hydroxyl groups excluding tert-OH is 4. The summed E-state index contributed by atoms with van der Waals surface area (Å²) in [4.78, 5) is 71.4. The molecular weight excluding hydrogens is 992 g/mol. The van der Waals surface area contributed by atoms with Crippen molar-refractivity contribution in [2.24, 2.45) is 5.92 Å². The lowest BCUT2D eigenvalue weighted by molar-refractivity contribution is -0.151. The number of ketones is 4. The summed E-state index contributed by atoms with van der Waals surface area (Å²) in [6.45, 7) is 3.01. The molecule has 26 heteroatoms. The molecule has 12 atom stereocenters. The Morgan fingerprint density at radius 2 is 1.23 bits per heavy atom. The van der Waals surface area contributed by atoms with Gasteiger partial charge in [-0.2, -0.15) is 0 Å². The van der Waals surface area contributed by atoms with Gasteiger partial charge < -0.3 is 38.9 Å². The summed E-state index contributed by atoms with van der Waals surface area (Å²) in [6, 6.07) is 14.8. The first-order valence-corrected chi connectivity index (χ1v) is 25.7. The Hall–Kier alpha value is -4.61. The molecule has 0 spiro atoms. The standard InChI is InChI=1S/C23H30FN2O8P.C11H14FNO5.C10H13ClNO4P/c1-14(2)20(15(3)27)25-35(31,34-17-8-6-5-7-9-17)32-13-18-21(30)23(4,24)22(33-18)26-11-10-16(28)12-19(26)29;1-11(12)9(17)7(5-14)18-10(11)13-3-2-6(15)4-8(13)16;1-8(10(14)7-13)12-17(11,15)16-9-5-3-2-4-6-9/h5-11,14,18,20-22,30H,12-13H2,1-4H3,(H,25,31);2-3,7,9-10,14,17H,4-5H2,1H3;2-6,8,13H,7H2,1H3,(H,12,15)/t18-,20+,21-,22-,23-,35?;7-,9-,10-,11-;8-,17?/m110/s1. The van der Waals surface area contributed by atoms with Crippen LogP contribution < -0.4 is 19.2 Å². The number of carbonyl (C=O) groups excluding carboxylic acids is 6. The number of nitrogens with one attached hydrogen (secondary N) is 2. The topological polar surface area (TPSA) is 294 Å². The zero-order valence-corrected chi connectivity index (χ0v) is 41.4. The molecule has 0 aromatic heterocycles. The van der Waals surface area contributed by atoms with E-state index in [1.807, 2.05) is 0 Å². The number of allylic oxidation sites excluding steroid dienone is 2. The first-order chi connectivity index (χ1) is 32.7. The largest absolute Gasteiger partial charge is 0.459 e. The number of hydrogen-bond donors (Lipinski definition) is 6. The molecule has 0 saturated carbocycles. The maximum absolute atomic E-state index is 15.5.